The molecule has 8 heteroatoms. The molecular formula is C13H18N6O2. The van der Waals surface area contributed by atoms with Crippen LogP contribution in [0.5, 0.6) is 0 Å². The van der Waals surface area contributed by atoms with Crippen molar-refractivity contribution in [2.75, 3.05) is 32.5 Å². The molecule has 0 atom stereocenters. The predicted molar refractivity (Wildman–Crippen MR) is 76.4 cm³/mol. The zero-order chi connectivity index (χ0) is 14.8. The number of nitrogens with zero attached hydrogens (tertiary/aromatic N) is 4. The number of nitrogens with one attached hydrogen (secondary N) is 1. The third kappa shape index (κ3) is 2.67. The molecule has 1 aliphatic heterocycles. The van der Waals surface area contributed by atoms with E-state index in [0.29, 0.717) is 32.1 Å². The molecule has 0 unspecified atom stereocenters. The molecule has 1 saturated heterocycles. The predicted octanol–water partition coefficient (Wildman–Crippen LogP) is -0.610. The van der Waals surface area contributed by atoms with Crippen molar-refractivity contribution in [3.8, 4) is 0 Å². The van der Waals surface area contributed by atoms with Crippen LogP contribution in [-0.2, 0) is 22.7 Å². The van der Waals surface area contributed by atoms with Crippen LogP contribution in [0.3, 0.4) is 0 Å². The fraction of sp³-hybridized carbons (Fsp3) is 0.462. The van der Waals surface area contributed by atoms with Crippen molar-refractivity contribution in [3.63, 3.8) is 0 Å². The number of fused-ring (bicyclic) bond motifs is 1. The van der Waals surface area contributed by atoms with E-state index < -0.39 is 0 Å². The molecule has 8 nitrogen and oxygen atoms in total. The lowest BCUT2D eigenvalue weighted by molar-refractivity contribution is -0.124. The van der Waals surface area contributed by atoms with Gasteiger partial charge in [0.05, 0.1) is 18.8 Å². The van der Waals surface area contributed by atoms with Crippen LogP contribution in [0.1, 0.15) is 11.3 Å². The van der Waals surface area contributed by atoms with Crippen LogP contribution in [-0.4, -0.2) is 52.1 Å². The molecule has 1 aliphatic rings. The Morgan fingerprint density at radius 1 is 1.52 bits per heavy atom. The highest BCUT2D eigenvalue weighted by atomic mass is 16.5. The Kier molecular flexibility index (Phi) is 3.72. The number of hydrogen-bond acceptors (Lipinski definition) is 6. The molecule has 2 aromatic rings. The van der Waals surface area contributed by atoms with Crippen LogP contribution in [0, 0.1) is 0 Å². The maximum atomic E-state index is 11.5. The van der Waals surface area contributed by atoms with Crippen LogP contribution in [0.4, 0.5) is 5.82 Å². The summed E-state index contributed by atoms with van der Waals surface area (Å²) in [5.74, 6) is 0.481. The van der Waals surface area contributed by atoms with E-state index in [2.05, 4.69) is 20.3 Å². The second-order valence-electron chi connectivity index (χ2n) is 5.05. The van der Waals surface area contributed by atoms with Crippen molar-refractivity contribution in [1.82, 2.24) is 24.8 Å². The lowest BCUT2D eigenvalue weighted by Gasteiger charge is -2.26. The maximum absolute atomic E-state index is 11.5. The molecule has 21 heavy (non-hydrogen) atoms. The number of ether oxygens (including phenoxy) is 1. The summed E-state index contributed by atoms with van der Waals surface area (Å²) < 4.78 is 7.03. The van der Waals surface area contributed by atoms with E-state index in [-0.39, 0.29) is 5.91 Å². The number of nitrogens with two attached hydrogens (primary N) is 1. The molecule has 0 aliphatic carbocycles. The van der Waals surface area contributed by atoms with Gasteiger partial charge >= 0.3 is 0 Å². The zero-order valence-electron chi connectivity index (χ0n) is 11.9. The van der Waals surface area contributed by atoms with Crippen molar-refractivity contribution in [2.24, 2.45) is 0 Å². The molecule has 0 saturated carbocycles. The van der Waals surface area contributed by atoms with Gasteiger partial charge in [0.15, 0.2) is 5.82 Å². The third-order valence-electron chi connectivity index (χ3n) is 3.58. The van der Waals surface area contributed by atoms with Crippen molar-refractivity contribution in [2.45, 2.75) is 13.2 Å². The Balaban J connectivity index is 1.97. The molecule has 0 spiro atoms. The summed E-state index contributed by atoms with van der Waals surface area (Å²) >= 11 is 0. The van der Waals surface area contributed by atoms with E-state index in [1.54, 1.807) is 11.6 Å². The third-order valence-corrected chi connectivity index (χ3v) is 3.58. The highest BCUT2D eigenvalue weighted by molar-refractivity contribution is 5.78. The van der Waals surface area contributed by atoms with Gasteiger partial charge in [0.25, 0.3) is 0 Å². The number of methoxy groups -OCH3 is 1. The van der Waals surface area contributed by atoms with E-state index in [4.69, 9.17) is 10.5 Å². The van der Waals surface area contributed by atoms with Gasteiger partial charge in [-0.25, -0.2) is 9.50 Å². The lowest BCUT2D eigenvalue weighted by Crippen LogP contribution is -2.47. The zero-order valence-corrected chi connectivity index (χ0v) is 11.9. The van der Waals surface area contributed by atoms with Crippen molar-refractivity contribution in [3.05, 3.63) is 23.7 Å². The molecule has 112 valence electrons. The highest BCUT2D eigenvalue weighted by Crippen LogP contribution is 2.21. The van der Waals surface area contributed by atoms with Gasteiger partial charge < -0.3 is 15.8 Å². The van der Waals surface area contributed by atoms with Gasteiger partial charge in [0, 0.05) is 32.3 Å². The molecule has 0 radical (unpaired) electrons. The molecular weight excluding hydrogens is 272 g/mol. The Morgan fingerprint density at radius 3 is 3.14 bits per heavy atom. The summed E-state index contributed by atoms with van der Waals surface area (Å²) in [5, 5.41) is 7.09. The largest absolute Gasteiger partial charge is 0.382 e. The normalized spacial score (nSPS) is 16.3. The van der Waals surface area contributed by atoms with E-state index in [1.807, 2.05) is 6.07 Å². The topological polar surface area (TPSA) is 97.8 Å². The summed E-state index contributed by atoms with van der Waals surface area (Å²) in [6.07, 6.45) is 1.44. The minimum Gasteiger partial charge on any atom is -0.382 e. The minimum absolute atomic E-state index is 0.0459. The SMILES string of the molecule is COCc1cc2c(N)ncnn2c1CN1CCNC(=O)C1. The number of nitrogen functional groups attached to an aromatic ring is 1. The first-order chi connectivity index (χ1) is 10.2. The average molecular weight is 290 g/mol. The quantitative estimate of drug-likeness (QED) is 0.779. The molecule has 0 bridgehead atoms. The number of rotatable bonds is 4. The molecule has 0 aromatic carbocycles. The van der Waals surface area contributed by atoms with E-state index >= 15 is 0 Å². The van der Waals surface area contributed by atoms with Gasteiger partial charge in [-0.1, -0.05) is 0 Å². The van der Waals surface area contributed by atoms with Gasteiger partial charge in [-0.2, -0.15) is 5.10 Å². The Labute approximate surface area is 121 Å². The number of carbonyl (C=O) groups is 1. The van der Waals surface area contributed by atoms with E-state index in [1.165, 1.54) is 6.33 Å². The first kappa shape index (κ1) is 13.8. The molecule has 1 amide bonds. The maximum Gasteiger partial charge on any atom is 0.234 e. The van der Waals surface area contributed by atoms with Gasteiger partial charge in [-0.3, -0.25) is 9.69 Å². The smallest absolute Gasteiger partial charge is 0.234 e. The van der Waals surface area contributed by atoms with E-state index in [0.717, 1.165) is 23.3 Å². The van der Waals surface area contributed by atoms with Crippen molar-refractivity contribution in [1.29, 1.82) is 0 Å². The fourth-order valence-electron chi connectivity index (χ4n) is 2.60. The second kappa shape index (κ2) is 5.66. The Bertz CT molecular complexity index is 668. The van der Waals surface area contributed by atoms with Gasteiger partial charge in [0.2, 0.25) is 5.91 Å². The van der Waals surface area contributed by atoms with Gasteiger partial charge in [-0.05, 0) is 6.07 Å². The number of hydrogen-bond donors (Lipinski definition) is 2. The minimum atomic E-state index is 0.0459. The van der Waals surface area contributed by atoms with Crippen LogP contribution < -0.4 is 11.1 Å². The molecule has 3 N–H and O–H groups in total. The summed E-state index contributed by atoms with van der Waals surface area (Å²) in [5.41, 5.74) is 8.66. The number of anilines is 1. The number of piperazine rings is 1. The molecule has 2 aromatic heterocycles. The lowest BCUT2D eigenvalue weighted by atomic mass is 10.2. The summed E-state index contributed by atoms with van der Waals surface area (Å²) in [4.78, 5) is 17.6. The van der Waals surface area contributed by atoms with Gasteiger partial charge in [0.1, 0.15) is 11.8 Å². The van der Waals surface area contributed by atoms with Crippen molar-refractivity contribution < 1.29 is 9.53 Å². The second-order valence-corrected chi connectivity index (χ2v) is 5.05. The monoisotopic (exact) mass is 290 g/mol. The number of amides is 1. The standard InChI is InChI=1S/C13H18N6O2/c1-21-7-9-4-10-13(14)16-8-17-19(10)11(9)5-18-3-2-15-12(20)6-18/h4,8H,2-3,5-7H2,1H3,(H,15,20)(H2,14,16,17). The summed E-state index contributed by atoms with van der Waals surface area (Å²) in [7, 11) is 1.65. The van der Waals surface area contributed by atoms with Crippen molar-refractivity contribution >= 4 is 17.2 Å². The summed E-state index contributed by atoms with van der Waals surface area (Å²) in [6.45, 7) is 2.96. The number of carbonyl (C=O) groups excluding carboxylic acids is 1. The Morgan fingerprint density at radius 2 is 2.38 bits per heavy atom. The molecule has 3 rings (SSSR count). The summed E-state index contributed by atoms with van der Waals surface area (Å²) in [6, 6.07) is 1.94. The first-order valence-corrected chi connectivity index (χ1v) is 6.77. The van der Waals surface area contributed by atoms with Gasteiger partial charge in [-0.15, -0.1) is 0 Å². The van der Waals surface area contributed by atoms with E-state index in [9.17, 15) is 4.79 Å². The molecule has 1 fully saturated rings. The fourth-order valence-corrected chi connectivity index (χ4v) is 2.60. The highest BCUT2D eigenvalue weighted by Gasteiger charge is 2.20. The van der Waals surface area contributed by atoms with Crippen LogP contribution in [0.2, 0.25) is 0 Å². The average Bonchev–Trinajstić information content (AvgIpc) is 2.79. The first-order valence-electron chi connectivity index (χ1n) is 6.77. The molecule has 3 heterocycles. The number of aromatic nitrogens is 3. The van der Waals surface area contributed by atoms with Crippen LogP contribution in [0.15, 0.2) is 12.4 Å². The Hall–Kier alpha value is -2.19. The van der Waals surface area contributed by atoms with Crippen LogP contribution >= 0.6 is 0 Å². The van der Waals surface area contributed by atoms with Crippen LogP contribution in [0.25, 0.3) is 5.52 Å².